The number of anilines is 4. The zero-order valence-corrected chi connectivity index (χ0v) is 19.3. The molecule has 2 N–H and O–H groups in total. The van der Waals surface area contributed by atoms with E-state index in [-0.39, 0.29) is 11.8 Å². The Labute approximate surface area is 193 Å². The number of hydrogen-bond donors (Lipinski definition) is 2. The minimum atomic E-state index is -4.57. The van der Waals surface area contributed by atoms with Crippen LogP contribution in [0, 0.1) is 3.57 Å². The lowest BCUT2D eigenvalue weighted by molar-refractivity contribution is -0.137. The van der Waals surface area contributed by atoms with Crippen LogP contribution in [0.2, 0.25) is 0 Å². The van der Waals surface area contributed by atoms with E-state index in [0.717, 1.165) is 47.4 Å². The van der Waals surface area contributed by atoms with Gasteiger partial charge in [0.1, 0.15) is 11.4 Å². The fourth-order valence-electron chi connectivity index (χ4n) is 3.14. The van der Waals surface area contributed by atoms with Crippen LogP contribution < -0.4 is 10.6 Å². The lowest BCUT2D eigenvalue weighted by Crippen LogP contribution is -2.13. The molecule has 4 nitrogen and oxygen atoms in total. The summed E-state index contributed by atoms with van der Waals surface area (Å²) in [4.78, 5) is 8.02. The fraction of sp³-hybridized carbons (Fsp3) is 0.304. The molecule has 0 aliphatic rings. The molecule has 3 rings (SSSR count). The minimum Gasteiger partial charge on any atom is -0.339 e. The van der Waals surface area contributed by atoms with E-state index in [2.05, 4.69) is 50.1 Å². The van der Waals surface area contributed by atoms with E-state index in [1.165, 1.54) is 0 Å². The van der Waals surface area contributed by atoms with Crippen LogP contribution in [-0.2, 0) is 12.6 Å². The maximum Gasteiger partial charge on any atom is 0.421 e. The van der Waals surface area contributed by atoms with Crippen molar-refractivity contribution < 1.29 is 13.2 Å². The SMILES string of the molecule is CCCCCCc1ccccc1Nc1nc(Nc2ccc(I)cc2)ncc1C(F)(F)F. The van der Waals surface area contributed by atoms with E-state index in [9.17, 15) is 13.2 Å². The van der Waals surface area contributed by atoms with E-state index in [4.69, 9.17) is 0 Å². The predicted molar refractivity (Wildman–Crippen MR) is 127 cm³/mol. The van der Waals surface area contributed by atoms with E-state index < -0.39 is 11.7 Å². The van der Waals surface area contributed by atoms with Gasteiger partial charge in [-0.3, -0.25) is 0 Å². The van der Waals surface area contributed by atoms with Gasteiger partial charge in [0.25, 0.3) is 0 Å². The zero-order chi connectivity index (χ0) is 22.3. The van der Waals surface area contributed by atoms with Crippen LogP contribution >= 0.6 is 22.6 Å². The standard InChI is InChI=1S/C23H24F3IN4/c1-2-3-4-5-8-16-9-6-7-10-20(16)30-21-19(23(24,25)26)15-28-22(31-21)29-18-13-11-17(27)12-14-18/h6-7,9-15H,2-5,8H2,1H3,(H2,28,29,30,31). The van der Waals surface area contributed by atoms with Gasteiger partial charge in [0, 0.05) is 21.1 Å². The van der Waals surface area contributed by atoms with Crippen molar-refractivity contribution >= 4 is 45.7 Å². The van der Waals surface area contributed by atoms with Crippen molar-refractivity contribution in [3.05, 3.63) is 69.4 Å². The first-order valence-corrected chi connectivity index (χ1v) is 11.3. The van der Waals surface area contributed by atoms with Gasteiger partial charge < -0.3 is 10.6 Å². The number of benzene rings is 2. The molecule has 0 radical (unpaired) electrons. The number of para-hydroxylation sites is 1. The topological polar surface area (TPSA) is 49.8 Å². The molecular formula is C23H24F3IN4. The van der Waals surface area contributed by atoms with Crippen molar-refractivity contribution in [2.45, 2.75) is 45.2 Å². The van der Waals surface area contributed by atoms with Crippen molar-refractivity contribution in [3.63, 3.8) is 0 Å². The molecule has 0 bridgehead atoms. The van der Waals surface area contributed by atoms with Crippen LogP contribution in [0.5, 0.6) is 0 Å². The number of unbranched alkanes of at least 4 members (excludes halogenated alkanes) is 3. The molecule has 0 aliphatic heterocycles. The monoisotopic (exact) mass is 540 g/mol. The summed E-state index contributed by atoms with van der Waals surface area (Å²) in [6, 6.07) is 14.8. The van der Waals surface area contributed by atoms with Crippen molar-refractivity contribution in [3.8, 4) is 0 Å². The average molecular weight is 540 g/mol. The predicted octanol–water partition coefficient (Wildman–Crippen LogP) is 7.71. The van der Waals surface area contributed by atoms with Gasteiger partial charge in [0.05, 0.1) is 0 Å². The molecule has 31 heavy (non-hydrogen) atoms. The van der Waals surface area contributed by atoms with Crippen LogP contribution in [0.1, 0.15) is 43.7 Å². The van der Waals surface area contributed by atoms with Crippen molar-refractivity contribution in [1.29, 1.82) is 0 Å². The molecule has 164 valence electrons. The molecule has 3 aromatic rings. The van der Waals surface area contributed by atoms with Gasteiger partial charge in [-0.2, -0.15) is 18.2 Å². The molecule has 0 saturated heterocycles. The maximum absolute atomic E-state index is 13.6. The number of nitrogens with one attached hydrogen (secondary N) is 2. The van der Waals surface area contributed by atoms with E-state index in [1.54, 1.807) is 12.1 Å². The number of halogens is 4. The molecule has 0 amide bonds. The average Bonchev–Trinajstić information content (AvgIpc) is 2.73. The zero-order valence-electron chi connectivity index (χ0n) is 17.1. The summed E-state index contributed by atoms with van der Waals surface area (Å²) in [7, 11) is 0. The lowest BCUT2D eigenvalue weighted by atomic mass is 10.0. The van der Waals surface area contributed by atoms with Crippen LogP contribution in [0.4, 0.5) is 36.3 Å². The van der Waals surface area contributed by atoms with Gasteiger partial charge in [-0.25, -0.2) is 4.98 Å². The maximum atomic E-state index is 13.6. The summed E-state index contributed by atoms with van der Waals surface area (Å²) in [6.45, 7) is 2.14. The van der Waals surface area contributed by atoms with Gasteiger partial charge >= 0.3 is 6.18 Å². The summed E-state index contributed by atoms with van der Waals surface area (Å²) >= 11 is 2.18. The number of rotatable bonds is 9. The normalized spacial score (nSPS) is 11.4. The number of nitrogens with zero attached hydrogens (tertiary/aromatic N) is 2. The second-order valence-electron chi connectivity index (χ2n) is 7.18. The van der Waals surface area contributed by atoms with E-state index >= 15 is 0 Å². The van der Waals surface area contributed by atoms with Crippen LogP contribution in [0.3, 0.4) is 0 Å². The Bertz CT molecular complexity index is 991. The Hall–Kier alpha value is -2.36. The van der Waals surface area contributed by atoms with Crippen molar-refractivity contribution in [2.24, 2.45) is 0 Å². The first-order chi connectivity index (χ1) is 14.9. The van der Waals surface area contributed by atoms with Gasteiger partial charge in [-0.15, -0.1) is 0 Å². The Balaban J connectivity index is 1.87. The quantitative estimate of drug-likeness (QED) is 0.216. The largest absolute Gasteiger partial charge is 0.421 e. The lowest BCUT2D eigenvalue weighted by Gasteiger charge is -2.17. The molecule has 1 aromatic heterocycles. The fourth-order valence-corrected chi connectivity index (χ4v) is 3.50. The van der Waals surface area contributed by atoms with Crippen LogP contribution in [0.25, 0.3) is 0 Å². The number of aromatic nitrogens is 2. The highest BCUT2D eigenvalue weighted by atomic mass is 127. The molecule has 0 fully saturated rings. The van der Waals surface area contributed by atoms with Crippen molar-refractivity contribution in [2.75, 3.05) is 10.6 Å². The number of hydrogen-bond acceptors (Lipinski definition) is 4. The molecular weight excluding hydrogens is 516 g/mol. The highest BCUT2D eigenvalue weighted by Crippen LogP contribution is 2.36. The van der Waals surface area contributed by atoms with E-state index in [1.807, 2.05) is 36.4 Å². The number of aryl methyl sites for hydroxylation is 1. The molecule has 0 spiro atoms. The van der Waals surface area contributed by atoms with Crippen molar-refractivity contribution in [1.82, 2.24) is 9.97 Å². The second kappa shape index (κ2) is 10.8. The highest BCUT2D eigenvalue weighted by Gasteiger charge is 2.35. The molecule has 8 heteroatoms. The first-order valence-electron chi connectivity index (χ1n) is 10.2. The Morgan fingerprint density at radius 2 is 1.68 bits per heavy atom. The van der Waals surface area contributed by atoms with Crippen LogP contribution in [0.15, 0.2) is 54.7 Å². The van der Waals surface area contributed by atoms with Crippen LogP contribution in [-0.4, -0.2) is 9.97 Å². The summed E-state index contributed by atoms with van der Waals surface area (Å²) < 4.78 is 41.9. The van der Waals surface area contributed by atoms with Gasteiger partial charge in [0.2, 0.25) is 5.95 Å². The van der Waals surface area contributed by atoms with Gasteiger partial charge in [-0.05, 0) is 71.3 Å². The van der Waals surface area contributed by atoms with E-state index in [0.29, 0.717) is 11.4 Å². The third-order valence-corrected chi connectivity index (χ3v) is 5.48. The summed E-state index contributed by atoms with van der Waals surface area (Å²) in [5.41, 5.74) is 1.39. The smallest absolute Gasteiger partial charge is 0.339 e. The minimum absolute atomic E-state index is 0.0946. The molecule has 0 atom stereocenters. The Morgan fingerprint density at radius 1 is 0.935 bits per heavy atom. The summed E-state index contributed by atoms with van der Waals surface area (Å²) in [5.74, 6) is -0.173. The highest BCUT2D eigenvalue weighted by molar-refractivity contribution is 14.1. The summed E-state index contributed by atoms with van der Waals surface area (Å²) in [6.07, 6.45) is 1.40. The number of alkyl halides is 3. The Morgan fingerprint density at radius 3 is 2.39 bits per heavy atom. The summed E-state index contributed by atoms with van der Waals surface area (Å²) in [5, 5.41) is 5.88. The molecule has 0 aliphatic carbocycles. The third-order valence-electron chi connectivity index (χ3n) is 4.76. The molecule has 0 saturated carbocycles. The first kappa shape index (κ1) is 23.3. The molecule has 1 heterocycles. The third kappa shape index (κ3) is 6.81. The molecule has 2 aromatic carbocycles. The van der Waals surface area contributed by atoms with Gasteiger partial charge in [-0.1, -0.05) is 44.4 Å². The molecule has 0 unspecified atom stereocenters. The van der Waals surface area contributed by atoms with Gasteiger partial charge in [0.15, 0.2) is 0 Å². The Kier molecular flexibility index (Phi) is 8.11. The second-order valence-corrected chi connectivity index (χ2v) is 8.42.